The van der Waals surface area contributed by atoms with Crippen molar-refractivity contribution in [3.05, 3.63) is 83.2 Å². The van der Waals surface area contributed by atoms with Crippen LogP contribution < -0.4 is 15.4 Å². The Kier molecular flexibility index (Phi) is 5.71. The summed E-state index contributed by atoms with van der Waals surface area (Å²) in [6, 6.07) is 17.4. The summed E-state index contributed by atoms with van der Waals surface area (Å²) in [5.41, 5.74) is 5.51. The molecule has 5 heteroatoms. The Morgan fingerprint density at radius 3 is 2.41 bits per heavy atom. The molecule has 0 saturated carbocycles. The van der Waals surface area contributed by atoms with E-state index in [-0.39, 0.29) is 5.91 Å². The maximum Gasteiger partial charge on any atom is 0.270 e. The fourth-order valence-corrected chi connectivity index (χ4v) is 2.93. The highest BCUT2D eigenvalue weighted by atomic mass is 16.5. The highest BCUT2D eigenvalue weighted by Gasteiger charge is 2.09. The monoisotopic (exact) mass is 361 g/mol. The van der Waals surface area contributed by atoms with Gasteiger partial charge in [0.2, 0.25) is 0 Å². The van der Waals surface area contributed by atoms with Gasteiger partial charge in [-0.15, -0.1) is 0 Å². The summed E-state index contributed by atoms with van der Waals surface area (Å²) in [5, 5.41) is 6.19. The number of nitrogens with one attached hydrogen (secondary N) is 2. The van der Waals surface area contributed by atoms with Crippen LogP contribution in [0.3, 0.4) is 0 Å². The second-order valence-corrected chi connectivity index (χ2v) is 6.43. The number of nitrogens with zero attached hydrogens (tertiary/aromatic N) is 1. The molecule has 0 aliphatic rings. The molecule has 27 heavy (non-hydrogen) atoms. The fraction of sp³-hybridized carbons (Fsp3) is 0.182. The molecule has 3 rings (SSSR count). The molecular formula is C22H23N3O2. The van der Waals surface area contributed by atoms with Gasteiger partial charge in [-0.2, -0.15) is 0 Å². The van der Waals surface area contributed by atoms with Gasteiger partial charge in [0, 0.05) is 17.8 Å². The van der Waals surface area contributed by atoms with Crippen LogP contribution in [0.2, 0.25) is 0 Å². The van der Waals surface area contributed by atoms with Gasteiger partial charge in [-0.1, -0.05) is 24.3 Å². The molecule has 1 amide bonds. The Hall–Kier alpha value is -3.34. The lowest BCUT2D eigenvalue weighted by Gasteiger charge is -2.10. The maximum atomic E-state index is 12.3. The van der Waals surface area contributed by atoms with Crippen molar-refractivity contribution >= 4 is 17.3 Å². The molecule has 138 valence electrons. The van der Waals surface area contributed by atoms with Crippen LogP contribution in [0.4, 0.5) is 11.4 Å². The largest absolute Gasteiger partial charge is 0.496 e. The Bertz CT molecular complexity index is 916. The number of carbonyl (C=O) groups is 1. The Labute approximate surface area is 159 Å². The molecule has 0 aliphatic heterocycles. The molecule has 0 spiro atoms. The third-order valence-electron chi connectivity index (χ3n) is 4.14. The van der Waals surface area contributed by atoms with E-state index in [9.17, 15) is 4.79 Å². The first-order valence-corrected chi connectivity index (χ1v) is 8.76. The third-order valence-corrected chi connectivity index (χ3v) is 4.14. The van der Waals surface area contributed by atoms with E-state index < -0.39 is 0 Å². The summed E-state index contributed by atoms with van der Waals surface area (Å²) in [4.78, 5) is 16.6. The highest BCUT2D eigenvalue weighted by molar-refractivity contribution is 5.92. The van der Waals surface area contributed by atoms with Gasteiger partial charge in [0.1, 0.15) is 11.4 Å². The molecule has 0 aliphatic carbocycles. The summed E-state index contributed by atoms with van der Waals surface area (Å²) < 4.78 is 5.30. The highest BCUT2D eigenvalue weighted by Crippen LogP contribution is 2.19. The van der Waals surface area contributed by atoms with Crippen LogP contribution in [0, 0.1) is 13.8 Å². The molecule has 5 nitrogen and oxygen atoms in total. The van der Waals surface area contributed by atoms with E-state index in [1.54, 1.807) is 19.4 Å². The van der Waals surface area contributed by atoms with Crippen molar-refractivity contribution in [1.29, 1.82) is 0 Å². The van der Waals surface area contributed by atoms with Crippen molar-refractivity contribution in [3.63, 3.8) is 0 Å². The Balaban J connectivity index is 1.63. The van der Waals surface area contributed by atoms with Gasteiger partial charge < -0.3 is 15.4 Å². The number of benzene rings is 2. The summed E-state index contributed by atoms with van der Waals surface area (Å²) in [6.07, 6.45) is 1.66. The van der Waals surface area contributed by atoms with Crippen molar-refractivity contribution in [1.82, 2.24) is 10.3 Å². The molecule has 0 unspecified atom stereocenters. The van der Waals surface area contributed by atoms with Crippen LogP contribution in [0.1, 0.15) is 27.2 Å². The average Bonchev–Trinajstić information content (AvgIpc) is 2.66. The predicted octanol–water partition coefficient (Wildman–Crippen LogP) is 4.38. The number of methoxy groups -OCH3 is 1. The lowest BCUT2D eigenvalue weighted by molar-refractivity contribution is 0.0945. The van der Waals surface area contributed by atoms with Crippen molar-refractivity contribution in [2.45, 2.75) is 20.4 Å². The molecular weight excluding hydrogens is 338 g/mol. The second-order valence-electron chi connectivity index (χ2n) is 6.43. The minimum Gasteiger partial charge on any atom is -0.496 e. The maximum absolute atomic E-state index is 12.3. The van der Waals surface area contributed by atoms with E-state index in [0.717, 1.165) is 22.7 Å². The zero-order valence-electron chi connectivity index (χ0n) is 15.7. The quantitative estimate of drug-likeness (QED) is 0.684. The van der Waals surface area contributed by atoms with Gasteiger partial charge in [-0.05, 0) is 55.3 Å². The molecule has 1 heterocycles. The number of hydrogen-bond acceptors (Lipinski definition) is 4. The van der Waals surface area contributed by atoms with Crippen molar-refractivity contribution in [2.24, 2.45) is 0 Å². The number of rotatable bonds is 6. The SMILES string of the molecule is COc1ccccc1CNC(=O)c1ccc(Nc2cc(C)cc(C)c2)cn1. The van der Waals surface area contributed by atoms with Crippen LogP contribution in [-0.4, -0.2) is 18.0 Å². The van der Waals surface area contributed by atoms with Gasteiger partial charge in [-0.3, -0.25) is 4.79 Å². The number of anilines is 2. The molecule has 0 saturated heterocycles. The van der Waals surface area contributed by atoms with Crippen molar-refractivity contribution in [2.75, 3.05) is 12.4 Å². The number of para-hydroxylation sites is 1. The normalized spacial score (nSPS) is 10.3. The molecule has 0 fully saturated rings. The number of carbonyl (C=O) groups excluding carboxylic acids is 1. The van der Waals surface area contributed by atoms with Crippen LogP contribution in [-0.2, 0) is 6.54 Å². The fourth-order valence-electron chi connectivity index (χ4n) is 2.93. The number of hydrogen-bond donors (Lipinski definition) is 2. The zero-order chi connectivity index (χ0) is 19.2. The predicted molar refractivity (Wildman–Crippen MR) is 108 cm³/mol. The first kappa shape index (κ1) is 18.5. The van der Waals surface area contributed by atoms with Gasteiger partial charge in [-0.25, -0.2) is 4.98 Å². The third kappa shape index (κ3) is 4.85. The molecule has 0 atom stereocenters. The first-order chi connectivity index (χ1) is 13.0. The Morgan fingerprint density at radius 2 is 1.74 bits per heavy atom. The number of amides is 1. The minimum absolute atomic E-state index is 0.223. The zero-order valence-corrected chi connectivity index (χ0v) is 15.7. The first-order valence-electron chi connectivity index (χ1n) is 8.76. The van der Waals surface area contributed by atoms with Crippen LogP contribution in [0.15, 0.2) is 60.8 Å². The van der Waals surface area contributed by atoms with Crippen molar-refractivity contribution < 1.29 is 9.53 Å². The van der Waals surface area contributed by atoms with Gasteiger partial charge in [0.15, 0.2) is 0 Å². The topological polar surface area (TPSA) is 63.2 Å². The lowest BCUT2D eigenvalue weighted by atomic mass is 10.1. The van der Waals surface area contributed by atoms with E-state index in [2.05, 4.69) is 47.7 Å². The average molecular weight is 361 g/mol. The molecule has 1 aromatic heterocycles. The molecule has 3 aromatic rings. The second kappa shape index (κ2) is 8.36. The van der Waals surface area contributed by atoms with E-state index in [1.165, 1.54) is 11.1 Å². The summed E-state index contributed by atoms with van der Waals surface area (Å²) in [5.74, 6) is 0.526. The molecule has 2 aromatic carbocycles. The van der Waals surface area contributed by atoms with Crippen LogP contribution >= 0.6 is 0 Å². The van der Waals surface area contributed by atoms with Crippen molar-refractivity contribution in [3.8, 4) is 5.75 Å². The minimum atomic E-state index is -0.223. The molecule has 2 N–H and O–H groups in total. The number of aromatic nitrogens is 1. The number of aryl methyl sites for hydroxylation is 2. The van der Waals surface area contributed by atoms with E-state index in [1.807, 2.05) is 30.3 Å². The van der Waals surface area contributed by atoms with Gasteiger partial charge >= 0.3 is 0 Å². The number of pyridine rings is 1. The van der Waals surface area contributed by atoms with Crippen LogP contribution in [0.25, 0.3) is 0 Å². The molecule has 0 radical (unpaired) electrons. The lowest BCUT2D eigenvalue weighted by Crippen LogP contribution is -2.24. The summed E-state index contributed by atoms with van der Waals surface area (Å²) >= 11 is 0. The molecule has 0 bridgehead atoms. The number of ether oxygens (including phenoxy) is 1. The Morgan fingerprint density at radius 1 is 1.00 bits per heavy atom. The van der Waals surface area contributed by atoms with Crippen LogP contribution in [0.5, 0.6) is 5.75 Å². The van der Waals surface area contributed by atoms with E-state index >= 15 is 0 Å². The summed E-state index contributed by atoms with van der Waals surface area (Å²) in [7, 11) is 1.61. The van der Waals surface area contributed by atoms with E-state index in [0.29, 0.717) is 12.2 Å². The summed E-state index contributed by atoms with van der Waals surface area (Å²) in [6.45, 7) is 4.50. The smallest absolute Gasteiger partial charge is 0.270 e. The van der Waals surface area contributed by atoms with Gasteiger partial charge in [0.05, 0.1) is 19.0 Å². The van der Waals surface area contributed by atoms with Gasteiger partial charge in [0.25, 0.3) is 5.91 Å². The standard InChI is InChI=1S/C22H23N3O2/c1-15-10-16(2)12-19(11-15)25-18-8-9-20(23-14-18)22(26)24-13-17-6-4-5-7-21(17)27-3/h4-12,14,25H,13H2,1-3H3,(H,24,26). The van der Waals surface area contributed by atoms with E-state index in [4.69, 9.17) is 4.74 Å².